The van der Waals surface area contributed by atoms with E-state index in [-0.39, 0.29) is 5.91 Å². The number of thioether (sulfide) groups is 1. The molecule has 1 amide bonds. The fourth-order valence-electron chi connectivity index (χ4n) is 2.51. The van der Waals surface area contributed by atoms with Crippen LogP contribution in [0, 0.1) is 6.92 Å². The maximum Gasteiger partial charge on any atom is 0.246 e. The molecule has 0 saturated carbocycles. The van der Waals surface area contributed by atoms with Gasteiger partial charge in [0.1, 0.15) is 0 Å². The first-order valence-electron chi connectivity index (χ1n) is 8.43. The zero-order valence-electron chi connectivity index (χ0n) is 14.8. The molecule has 3 rings (SSSR count). The molecule has 0 spiro atoms. The highest BCUT2D eigenvalue weighted by molar-refractivity contribution is 7.99. The van der Waals surface area contributed by atoms with Crippen molar-refractivity contribution in [1.29, 1.82) is 0 Å². The van der Waals surface area contributed by atoms with Crippen molar-refractivity contribution < 1.29 is 9.32 Å². The zero-order valence-corrected chi connectivity index (χ0v) is 16.5. The second-order valence-electron chi connectivity index (χ2n) is 5.88. The van der Waals surface area contributed by atoms with Gasteiger partial charge in [-0.15, -0.1) is 23.1 Å². The molecule has 2 heterocycles. The third kappa shape index (κ3) is 4.95. The number of rotatable bonds is 8. The molecular weight excluding hydrogens is 366 g/mol. The molecule has 0 N–H and O–H groups in total. The summed E-state index contributed by atoms with van der Waals surface area (Å²) in [6, 6.07) is 12.3. The van der Waals surface area contributed by atoms with Crippen molar-refractivity contribution in [3.8, 4) is 10.7 Å². The first kappa shape index (κ1) is 18.7. The van der Waals surface area contributed by atoms with Gasteiger partial charge in [0.2, 0.25) is 17.6 Å². The smallest absolute Gasteiger partial charge is 0.246 e. The normalized spacial score (nSPS) is 10.8. The van der Waals surface area contributed by atoms with E-state index in [2.05, 4.69) is 35.3 Å². The molecule has 0 atom stereocenters. The van der Waals surface area contributed by atoms with E-state index in [9.17, 15) is 4.79 Å². The lowest BCUT2D eigenvalue weighted by Gasteiger charge is -2.18. The Labute approximate surface area is 161 Å². The summed E-state index contributed by atoms with van der Waals surface area (Å²) in [4.78, 5) is 19.6. The van der Waals surface area contributed by atoms with E-state index in [0.29, 0.717) is 30.6 Å². The monoisotopic (exact) mass is 387 g/mol. The summed E-state index contributed by atoms with van der Waals surface area (Å²) in [6.45, 7) is 4.99. The van der Waals surface area contributed by atoms with E-state index in [1.165, 1.54) is 11.1 Å². The fraction of sp³-hybridized carbons (Fsp3) is 0.316. The second kappa shape index (κ2) is 9.00. The SMILES string of the molecule is CCN(Cc1nc(-c2cccs2)no1)C(=O)CSCc1cccc(C)c1. The minimum atomic E-state index is 0.0843. The van der Waals surface area contributed by atoms with E-state index >= 15 is 0 Å². The highest BCUT2D eigenvalue weighted by Gasteiger charge is 2.17. The Kier molecular flexibility index (Phi) is 6.46. The minimum absolute atomic E-state index is 0.0843. The van der Waals surface area contributed by atoms with Crippen LogP contribution in [0.2, 0.25) is 0 Å². The van der Waals surface area contributed by atoms with Gasteiger partial charge in [-0.25, -0.2) is 0 Å². The van der Waals surface area contributed by atoms with Gasteiger partial charge in [0, 0.05) is 12.3 Å². The summed E-state index contributed by atoms with van der Waals surface area (Å²) in [5.74, 6) is 2.39. The molecule has 5 nitrogen and oxygen atoms in total. The Balaban J connectivity index is 1.52. The predicted octanol–water partition coefficient (Wildman–Crippen LogP) is 4.39. The summed E-state index contributed by atoms with van der Waals surface area (Å²) >= 11 is 3.19. The Morgan fingerprint density at radius 1 is 1.31 bits per heavy atom. The average molecular weight is 388 g/mol. The molecule has 1 aromatic carbocycles. The average Bonchev–Trinajstić information content (AvgIpc) is 3.31. The number of aryl methyl sites for hydroxylation is 1. The lowest BCUT2D eigenvalue weighted by molar-refractivity contribution is -0.129. The van der Waals surface area contributed by atoms with E-state index < -0.39 is 0 Å². The number of hydrogen-bond acceptors (Lipinski definition) is 6. The molecular formula is C19H21N3O2S2. The van der Waals surface area contributed by atoms with Crippen LogP contribution in [0.25, 0.3) is 10.7 Å². The van der Waals surface area contributed by atoms with Crippen molar-refractivity contribution in [2.45, 2.75) is 26.1 Å². The van der Waals surface area contributed by atoms with Gasteiger partial charge in [-0.3, -0.25) is 4.79 Å². The summed E-state index contributed by atoms with van der Waals surface area (Å²) in [5, 5.41) is 5.97. The Hall–Kier alpha value is -2.12. The van der Waals surface area contributed by atoms with Gasteiger partial charge in [0.05, 0.1) is 17.2 Å². The summed E-state index contributed by atoms with van der Waals surface area (Å²) in [5.41, 5.74) is 2.48. The van der Waals surface area contributed by atoms with Crippen molar-refractivity contribution in [3.05, 3.63) is 58.8 Å². The molecule has 0 aliphatic carbocycles. The number of aromatic nitrogens is 2. The number of hydrogen-bond donors (Lipinski definition) is 0. The third-order valence-electron chi connectivity index (χ3n) is 3.85. The highest BCUT2D eigenvalue weighted by atomic mass is 32.2. The molecule has 0 aliphatic heterocycles. The van der Waals surface area contributed by atoms with Gasteiger partial charge in [-0.05, 0) is 30.9 Å². The van der Waals surface area contributed by atoms with Crippen LogP contribution >= 0.6 is 23.1 Å². The molecule has 26 heavy (non-hydrogen) atoms. The van der Waals surface area contributed by atoms with E-state index in [1.807, 2.05) is 30.5 Å². The molecule has 0 fully saturated rings. The van der Waals surface area contributed by atoms with E-state index in [4.69, 9.17) is 4.52 Å². The summed E-state index contributed by atoms with van der Waals surface area (Å²) in [6.07, 6.45) is 0. The second-order valence-corrected chi connectivity index (χ2v) is 7.81. The largest absolute Gasteiger partial charge is 0.337 e. The first-order valence-corrected chi connectivity index (χ1v) is 10.5. The van der Waals surface area contributed by atoms with Gasteiger partial charge in [-0.2, -0.15) is 4.98 Å². The van der Waals surface area contributed by atoms with Crippen LogP contribution in [-0.4, -0.2) is 33.2 Å². The number of benzene rings is 1. The zero-order chi connectivity index (χ0) is 18.4. The van der Waals surface area contributed by atoms with Crippen LogP contribution in [0.1, 0.15) is 23.9 Å². The maximum absolute atomic E-state index is 12.5. The van der Waals surface area contributed by atoms with Crippen LogP contribution in [0.5, 0.6) is 0 Å². The van der Waals surface area contributed by atoms with Crippen molar-refractivity contribution in [3.63, 3.8) is 0 Å². The predicted molar refractivity (Wildman–Crippen MR) is 106 cm³/mol. The number of amides is 1. The van der Waals surface area contributed by atoms with Crippen LogP contribution in [0.15, 0.2) is 46.3 Å². The molecule has 0 radical (unpaired) electrons. The molecule has 0 aliphatic rings. The fourth-order valence-corrected chi connectivity index (χ4v) is 4.04. The Morgan fingerprint density at radius 2 is 2.19 bits per heavy atom. The highest BCUT2D eigenvalue weighted by Crippen LogP contribution is 2.22. The number of thiophene rings is 1. The standard InChI is InChI=1S/C19H21N3O2S2/c1-3-22(11-17-20-19(21-24-17)16-8-5-9-26-16)18(23)13-25-12-15-7-4-6-14(2)10-15/h4-10H,3,11-13H2,1-2H3. The van der Waals surface area contributed by atoms with Gasteiger partial charge in [-0.1, -0.05) is 41.1 Å². The van der Waals surface area contributed by atoms with Gasteiger partial charge >= 0.3 is 0 Å². The van der Waals surface area contributed by atoms with Crippen molar-refractivity contribution in [2.24, 2.45) is 0 Å². The molecule has 2 aromatic heterocycles. The quantitative estimate of drug-likeness (QED) is 0.574. The maximum atomic E-state index is 12.5. The molecule has 0 unspecified atom stereocenters. The molecule has 7 heteroatoms. The van der Waals surface area contributed by atoms with E-state index in [1.54, 1.807) is 28.0 Å². The minimum Gasteiger partial charge on any atom is -0.337 e. The molecule has 0 bridgehead atoms. The molecule has 3 aromatic rings. The summed E-state index contributed by atoms with van der Waals surface area (Å²) < 4.78 is 5.30. The number of carbonyl (C=O) groups is 1. The summed E-state index contributed by atoms with van der Waals surface area (Å²) in [7, 11) is 0. The lowest BCUT2D eigenvalue weighted by atomic mass is 10.2. The topological polar surface area (TPSA) is 59.2 Å². The van der Waals surface area contributed by atoms with Gasteiger partial charge in [0.25, 0.3) is 0 Å². The van der Waals surface area contributed by atoms with Crippen molar-refractivity contribution in [2.75, 3.05) is 12.3 Å². The number of carbonyl (C=O) groups excluding carboxylic acids is 1. The van der Waals surface area contributed by atoms with Crippen LogP contribution < -0.4 is 0 Å². The lowest BCUT2D eigenvalue weighted by Crippen LogP contribution is -2.31. The first-order chi connectivity index (χ1) is 12.7. The molecule has 136 valence electrons. The van der Waals surface area contributed by atoms with Crippen LogP contribution in [0.3, 0.4) is 0 Å². The van der Waals surface area contributed by atoms with Crippen LogP contribution in [-0.2, 0) is 17.1 Å². The van der Waals surface area contributed by atoms with Crippen molar-refractivity contribution >= 4 is 29.0 Å². The van der Waals surface area contributed by atoms with Crippen LogP contribution in [0.4, 0.5) is 0 Å². The van der Waals surface area contributed by atoms with Gasteiger partial charge < -0.3 is 9.42 Å². The Bertz CT molecular complexity index is 846. The third-order valence-corrected chi connectivity index (χ3v) is 5.70. The van der Waals surface area contributed by atoms with Crippen molar-refractivity contribution in [1.82, 2.24) is 15.0 Å². The molecule has 0 saturated heterocycles. The Morgan fingerprint density at radius 3 is 2.92 bits per heavy atom. The van der Waals surface area contributed by atoms with E-state index in [0.717, 1.165) is 10.6 Å². The van der Waals surface area contributed by atoms with Gasteiger partial charge in [0.15, 0.2) is 0 Å². The number of nitrogens with zero attached hydrogens (tertiary/aromatic N) is 3.